The fourth-order valence-corrected chi connectivity index (χ4v) is 0.838. The van der Waals surface area contributed by atoms with E-state index in [-0.39, 0.29) is 11.2 Å². The van der Waals surface area contributed by atoms with E-state index < -0.39 is 0 Å². The van der Waals surface area contributed by atoms with Crippen LogP contribution in [0.25, 0.3) is 0 Å². The van der Waals surface area contributed by atoms with Gasteiger partial charge in [-0.05, 0) is 12.1 Å². The molecule has 0 amide bonds. The number of nitrogens with zero attached hydrogens (tertiary/aromatic N) is 1. The summed E-state index contributed by atoms with van der Waals surface area (Å²) in [6, 6.07) is 3.32. The standard InChI is InChI=1S/C8H10N2O/c1-2-5-10-6-3-4-7(9)8(10)11/h2-4,6H,1,5,9H2. The van der Waals surface area contributed by atoms with Gasteiger partial charge in [-0.2, -0.15) is 0 Å². The first-order valence-corrected chi connectivity index (χ1v) is 3.31. The molecule has 0 bridgehead atoms. The van der Waals surface area contributed by atoms with E-state index in [0.29, 0.717) is 6.54 Å². The second-order valence-corrected chi connectivity index (χ2v) is 2.21. The topological polar surface area (TPSA) is 48.0 Å². The molecule has 0 atom stereocenters. The Labute approximate surface area is 64.8 Å². The van der Waals surface area contributed by atoms with Gasteiger partial charge in [-0.25, -0.2) is 0 Å². The average molecular weight is 150 g/mol. The van der Waals surface area contributed by atoms with E-state index in [1.165, 1.54) is 4.57 Å². The number of nitrogen functional groups attached to an aromatic ring is 1. The minimum Gasteiger partial charge on any atom is -0.394 e. The molecule has 0 aliphatic heterocycles. The summed E-state index contributed by atoms with van der Waals surface area (Å²) in [5.74, 6) is 0. The quantitative estimate of drug-likeness (QED) is 0.628. The lowest BCUT2D eigenvalue weighted by Crippen LogP contribution is -2.21. The molecule has 0 unspecified atom stereocenters. The minimum absolute atomic E-state index is 0.160. The van der Waals surface area contributed by atoms with Crippen LogP contribution in [0.5, 0.6) is 0 Å². The molecule has 11 heavy (non-hydrogen) atoms. The minimum atomic E-state index is -0.160. The molecule has 1 heterocycles. The zero-order chi connectivity index (χ0) is 8.27. The number of rotatable bonds is 2. The van der Waals surface area contributed by atoms with E-state index in [2.05, 4.69) is 6.58 Å². The third-order valence-corrected chi connectivity index (χ3v) is 1.38. The molecule has 0 aliphatic rings. The lowest BCUT2D eigenvalue weighted by atomic mass is 10.4. The molecular weight excluding hydrogens is 140 g/mol. The summed E-state index contributed by atoms with van der Waals surface area (Å²) < 4.78 is 1.50. The summed E-state index contributed by atoms with van der Waals surface area (Å²) in [5.41, 5.74) is 5.50. The van der Waals surface area contributed by atoms with Gasteiger partial charge in [0.2, 0.25) is 0 Å². The summed E-state index contributed by atoms with van der Waals surface area (Å²) in [7, 11) is 0. The molecule has 1 rings (SSSR count). The number of allylic oxidation sites excluding steroid dienone is 1. The first-order chi connectivity index (χ1) is 5.25. The van der Waals surface area contributed by atoms with Gasteiger partial charge in [0.1, 0.15) is 0 Å². The highest BCUT2D eigenvalue weighted by Gasteiger charge is 1.94. The van der Waals surface area contributed by atoms with Crippen LogP contribution in [0, 0.1) is 0 Å². The van der Waals surface area contributed by atoms with Crippen molar-refractivity contribution < 1.29 is 0 Å². The van der Waals surface area contributed by atoms with Gasteiger partial charge in [0.25, 0.3) is 5.56 Å². The van der Waals surface area contributed by atoms with Gasteiger partial charge in [0.05, 0.1) is 5.69 Å². The average Bonchev–Trinajstić information content (AvgIpc) is 1.99. The number of aromatic nitrogens is 1. The summed E-state index contributed by atoms with van der Waals surface area (Å²) in [6.45, 7) is 4.03. The van der Waals surface area contributed by atoms with E-state index in [4.69, 9.17) is 5.73 Å². The van der Waals surface area contributed by atoms with Gasteiger partial charge in [0.15, 0.2) is 0 Å². The van der Waals surface area contributed by atoms with Crippen LogP contribution in [0.4, 0.5) is 5.69 Å². The van der Waals surface area contributed by atoms with Gasteiger partial charge in [-0.3, -0.25) is 4.79 Å². The predicted octanol–water partition coefficient (Wildman–Crippen LogP) is 0.616. The highest BCUT2D eigenvalue weighted by molar-refractivity contribution is 5.33. The Bertz CT molecular complexity index is 314. The van der Waals surface area contributed by atoms with E-state index in [9.17, 15) is 4.79 Å². The molecule has 0 aliphatic carbocycles. The van der Waals surface area contributed by atoms with Gasteiger partial charge >= 0.3 is 0 Å². The second-order valence-electron chi connectivity index (χ2n) is 2.21. The molecular formula is C8H10N2O. The first-order valence-electron chi connectivity index (χ1n) is 3.31. The number of pyridine rings is 1. The SMILES string of the molecule is C=CCn1cccc(N)c1=O. The van der Waals surface area contributed by atoms with Crippen LogP contribution in [0.15, 0.2) is 35.8 Å². The Morgan fingerprint density at radius 2 is 2.45 bits per heavy atom. The molecule has 0 saturated carbocycles. The highest BCUT2D eigenvalue weighted by atomic mass is 16.1. The van der Waals surface area contributed by atoms with Gasteiger partial charge in [-0.1, -0.05) is 6.08 Å². The zero-order valence-corrected chi connectivity index (χ0v) is 6.16. The van der Waals surface area contributed by atoms with Crippen molar-refractivity contribution in [2.75, 3.05) is 5.73 Å². The number of hydrogen-bond donors (Lipinski definition) is 1. The summed E-state index contributed by atoms with van der Waals surface area (Å²) in [5, 5.41) is 0. The normalized spacial score (nSPS) is 9.45. The van der Waals surface area contributed by atoms with Gasteiger partial charge in [-0.15, -0.1) is 6.58 Å². The smallest absolute Gasteiger partial charge is 0.273 e. The Balaban J connectivity index is 3.16. The molecule has 0 spiro atoms. The molecule has 0 radical (unpaired) electrons. The van der Waals surface area contributed by atoms with Crippen molar-refractivity contribution in [3.8, 4) is 0 Å². The fraction of sp³-hybridized carbons (Fsp3) is 0.125. The van der Waals surface area contributed by atoms with Crippen molar-refractivity contribution >= 4 is 5.69 Å². The van der Waals surface area contributed by atoms with Crippen molar-refractivity contribution in [3.05, 3.63) is 41.3 Å². The Morgan fingerprint density at radius 1 is 1.73 bits per heavy atom. The van der Waals surface area contributed by atoms with Crippen LogP contribution in [0.3, 0.4) is 0 Å². The first kappa shape index (κ1) is 7.60. The Kier molecular flexibility index (Phi) is 2.11. The van der Waals surface area contributed by atoms with Crippen LogP contribution in [0.1, 0.15) is 0 Å². The number of nitrogens with two attached hydrogens (primary N) is 1. The third-order valence-electron chi connectivity index (χ3n) is 1.38. The van der Waals surface area contributed by atoms with Gasteiger partial charge < -0.3 is 10.3 Å². The van der Waals surface area contributed by atoms with Crippen molar-refractivity contribution in [2.24, 2.45) is 0 Å². The lowest BCUT2D eigenvalue weighted by Gasteiger charge is -2.00. The third kappa shape index (κ3) is 1.49. The van der Waals surface area contributed by atoms with Crippen molar-refractivity contribution in [3.63, 3.8) is 0 Å². The Hall–Kier alpha value is -1.51. The Morgan fingerprint density at radius 3 is 3.09 bits per heavy atom. The van der Waals surface area contributed by atoms with Crippen LogP contribution >= 0.6 is 0 Å². The van der Waals surface area contributed by atoms with E-state index in [1.807, 2.05) is 0 Å². The monoisotopic (exact) mass is 150 g/mol. The molecule has 2 N–H and O–H groups in total. The zero-order valence-electron chi connectivity index (χ0n) is 6.16. The summed E-state index contributed by atoms with van der Waals surface area (Å²) >= 11 is 0. The second kappa shape index (κ2) is 3.05. The summed E-state index contributed by atoms with van der Waals surface area (Å²) in [6.07, 6.45) is 3.33. The molecule has 3 heteroatoms. The maximum absolute atomic E-state index is 11.1. The molecule has 3 nitrogen and oxygen atoms in total. The lowest BCUT2D eigenvalue weighted by molar-refractivity contribution is 0.783. The van der Waals surface area contributed by atoms with Gasteiger partial charge in [0, 0.05) is 12.7 Å². The van der Waals surface area contributed by atoms with E-state index in [1.54, 1.807) is 24.4 Å². The van der Waals surface area contributed by atoms with Crippen molar-refractivity contribution in [1.29, 1.82) is 0 Å². The highest BCUT2D eigenvalue weighted by Crippen LogP contribution is 1.91. The van der Waals surface area contributed by atoms with Crippen molar-refractivity contribution in [2.45, 2.75) is 6.54 Å². The predicted molar refractivity (Wildman–Crippen MR) is 45.3 cm³/mol. The van der Waals surface area contributed by atoms with Crippen LogP contribution in [-0.4, -0.2) is 4.57 Å². The fourth-order valence-electron chi connectivity index (χ4n) is 0.838. The van der Waals surface area contributed by atoms with E-state index in [0.717, 1.165) is 0 Å². The molecule has 0 aromatic carbocycles. The summed E-state index contributed by atoms with van der Waals surface area (Å²) in [4.78, 5) is 11.1. The van der Waals surface area contributed by atoms with Crippen molar-refractivity contribution in [1.82, 2.24) is 4.57 Å². The number of hydrogen-bond acceptors (Lipinski definition) is 2. The molecule has 0 fully saturated rings. The van der Waals surface area contributed by atoms with Crippen LogP contribution in [-0.2, 0) is 6.54 Å². The molecule has 58 valence electrons. The molecule has 0 saturated heterocycles. The number of anilines is 1. The maximum Gasteiger partial charge on any atom is 0.273 e. The van der Waals surface area contributed by atoms with Crippen LogP contribution in [0.2, 0.25) is 0 Å². The largest absolute Gasteiger partial charge is 0.394 e. The van der Waals surface area contributed by atoms with Crippen LogP contribution < -0.4 is 11.3 Å². The van der Waals surface area contributed by atoms with E-state index >= 15 is 0 Å². The molecule has 1 aromatic heterocycles. The maximum atomic E-state index is 11.1. The molecule has 1 aromatic rings.